The van der Waals surface area contributed by atoms with Gasteiger partial charge in [0.2, 0.25) is 0 Å². The second-order valence-corrected chi connectivity index (χ2v) is 8.80. The monoisotopic (exact) mass is 360 g/mol. The Kier molecular flexibility index (Phi) is 6.86. The number of likely N-dealkylation sites (tertiary alicyclic amines) is 1. The van der Waals surface area contributed by atoms with Gasteiger partial charge in [0.05, 0.1) is 6.54 Å². The highest BCUT2D eigenvalue weighted by Gasteiger charge is 2.25. The Morgan fingerprint density at radius 1 is 1.19 bits per heavy atom. The number of piperidine rings is 1. The number of nitrogens with zero attached hydrogens (tertiary/aromatic N) is 2. The van der Waals surface area contributed by atoms with Crippen LogP contribution in [-0.2, 0) is 16.8 Å². The Morgan fingerprint density at radius 3 is 2.15 bits per heavy atom. The van der Waals surface area contributed by atoms with E-state index in [4.69, 9.17) is 5.11 Å². The van der Waals surface area contributed by atoms with Gasteiger partial charge in [0.1, 0.15) is 0 Å². The molecule has 1 aromatic carbocycles. The predicted octanol–water partition coefficient (Wildman–Crippen LogP) is 3.97. The maximum absolute atomic E-state index is 11.0. The van der Waals surface area contributed by atoms with Gasteiger partial charge in [-0.3, -0.25) is 14.6 Å². The van der Waals surface area contributed by atoms with Crippen molar-refractivity contribution in [2.45, 2.75) is 72.4 Å². The summed E-state index contributed by atoms with van der Waals surface area (Å²) in [7, 11) is 0. The van der Waals surface area contributed by atoms with Crippen LogP contribution in [0.5, 0.6) is 0 Å². The van der Waals surface area contributed by atoms with Gasteiger partial charge in [-0.1, -0.05) is 39.8 Å². The number of aliphatic carboxylic acids is 1. The van der Waals surface area contributed by atoms with Gasteiger partial charge in [0.15, 0.2) is 0 Å². The summed E-state index contributed by atoms with van der Waals surface area (Å²) in [5, 5.41) is 9.08. The highest BCUT2D eigenvalue weighted by molar-refractivity contribution is 5.69. The van der Waals surface area contributed by atoms with Gasteiger partial charge in [-0.05, 0) is 74.0 Å². The average Bonchev–Trinajstić information content (AvgIpc) is 2.55. The Hall–Kier alpha value is -1.39. The lowest BCUT2D eigenvalue weighted by Crippen LogP contribution is -2.46. The van der Waals surface area contributed by atoms with Crippen molar-refractivity contribution in [3.8, 4) is 0 Å². The minimum absolute atomic E-state index is 0.160. The Bertz CT molecular complexity index is 603. The van der Waals surface area contributed by atoms with E-state index in [9.17, 15) is 4.79 Å². The normalized spacial score (nSPS) is 17.0. The van der Waals surface area contributed by atoms with E-state index in [0.717, 1.165) is 39.0 Å². The molecule has 1 aliphatic heterocycles. The van der Waals surface area contributed by atoms with E-state index in [1.54, 1.807) is 0 Å². The van der Waals surface area contributed by atoms with E-state index >= 15 is 0 Å². The minimum Gasteiger partial charge on any atom is -0.480 e. The molecule has 4 heteroatoms. The molecule has 0 bridgehead atoms. The molecule has 0 atom stereocenters. The first-order chi connectivity index (χ1) is 12.1. The smallest absolute Gasteiger partial charge is 0.317 e. The van der Waals surface area contributed by atoms with Crippen molar-refractivity contribution in [1.82, 2.24) is 9.80 Å². The Morgan fingerprint density at radius 2 is 1.73 bits per heavy atom. The lowest BCUT2D eigenvalue weighted by molar-refractivity contribution is -0.139. The number of rotatable bonds is 6. The minimum atomic E-state index is -0.723. The molecule has 0 radical (unpaired) electrons. The topological polar surface area (TPSA) is 43.8 Å². The van der Waals surface area contributed by atoms with Crippen LogP contribution in [0.3, 0.4) is 0 Å². The first-order valence-corrected chi connectivity index (χ1v) is 9.90. The third-order valence-electron chi connectivity index (χ3n) is 5.76. The molecule has 0 spiro atoms. The van der Waals surface area contributed by atoms with Crippen molar-refractivity contribution in [1.29, 1.82) is 0 Å². The molecule has 4 nitrogen and oxygen atoms in total. The molecule has 26 heavy (non-hydrogen) atoms. The van der Waals surface area contributed by atoms with Crippen molar-refractivity contribution in [3.05, 3.63) is 34.4 Å². The van der Waals surface area contributed by atoms with Crippen LogP contribution in [-0.4, -0.2) is 53.1 Å². The largest absolute Gasteiger partial charge is 0.480 e. The average molecular weight is 361 g/mol. The van der Waals surface area contributed by atoms with Gasteiger partial charge in [-0.25, -0.2) is 0 Å². The second kappa shape index (κ2) is 8.53. The fourth-order valence-electron chi connectivity index (χ4n) is 4.01. The van der Waals surface area contributed by atoms with Gasteiger partial charge >= 0.3 is 5.97 Å². The fraction of sp³-hybridized carbons (Fsp3) is 0.682. The first-order valence-electron chi connectivity index (χ1n) is 9.90. The predicted molar refractivity (Wildman–Crippen MR) is 108 cm³/mol. The second-order valence-electron chi connectivity index (χ2n) is 8.80. The Balaban J connectivity index is 2.00. The number of aryl methyl sites for hydroxylation is 2. The zero-order chi connectivity index (χ0) is 19.5. The zero-order valence-corrected chi connectivity index (χ0v) is 17.4. The molecule has 0 unspecified atom stereocenters. The van der Waals surface area contributed by atoms with Crippen molar-refractivity contribution >= 4 is 5.97 Å². The molecule has 0 aliphatic carbocycles. The third-order valence-corrected chi connectivity index (χ3v) is 5.76. The molecule has 0 aromatic heterocycles. The summed E-state index contributed by atoms with van der Waals surface area (Å²) in [6.45, 7) is 17.4. The molecule has 1 saturated heterocycles. The molecular formula is C22H36N2O2. The number of carbonyl (C=O) groups is 1. The van der Waals surface area contributed by atoms with Crippen LogP contribution in [0.25, 0.3) is 0 Å². The maximum atomic E-state index is 11.0. The molecule has 1 aliphatic rings. The van der Waals surface area contributed by atoms with Crippen molar-refractivity contribution in [2.24, 2.45) is 0 Å². The Labute approximate surface area is 159 Å². The fourth-order valence-corrected chi connectivity index (χ4v) is 4.01. The number of hydrogen-bond acceptors (Lipinski definition) is 3. The van der Waals surface area contributed by atoms with E-state index in [1.807, 2.05) is 0 Å². The molecule has 1 heterocycles. The standard InChI is InChI=1S/C22H36N2O2/c1-7-24(15-21(25)26)19-8-10-23(11-9-19)14-20-16(2)12-18(13-17(20)3)22(4,5)6/h12-13,19H,7-11,14-15H2,1-6H3,(H,25,26). The van der Waals surface area contributed by atoms with E-state index < -0.39 is 5.97 Å². The number of carboxylic acids is 1. The molecule has 0 amide bonds. The molecule has 0 saturated carbocycles. The van der Waals surface area contributed by atoms with Gasteiger partial charge in [0, 0.05) is 12.6 Å². The van der Waals surface area contributed by atoms with Crippen molar-refractivity contribution in [3.63, 3.8) is 0 Å². The van der Waals surface area contributed by atoms with Crippen LogP contribution in [0, 0.1) is 13.8 Å². The SMILES string of the molecule is CCN(CC(=O)O)C1CCN(Cc2c(C)cc(C(C)(C)C)cc2C)CC1. The molecule has 146 valence electrons. The summed E-state index contributed by atoms with van der Waals surface area (Å²) >= 11 is 0. The highest BCUT2D eigenvalue weighted by atomic mass is 16.4. The molecule has 2 rings (SSSR count). The summed E-state index contributed by atoms with van der Waals surface area (Å²) in [6.07, 6.45) is 2.11. The molecular weight excluding hydrogens is 324 g/mol. The summed E-state index contributed by atoms with van der Waals surface area (Å²) in [5.41, 5.74) is 5.81. The van der Waals surface area contributed by atoms with Crippen LogP contribution in [0.4, 0.5) is 0 Å². The highest BCUT2D eigenvalue weighted by Crippen LogP contribution is 2.28. The molecule has 1 fully saturated rings. The van der Waals surface area contributed by atoms with Gasteiger partial charge in [-0.2, -0.15) is 0 Å². The van der Waals surface area contributed by atoms with Crippen LogP contribution in [0.1, 0.15) is 62.8 Å². The number of benzene rings is 1. The summed E-state index contributed by atoms with van der Waals surface area (Å²) in [4.78, 5) is 15.7. The van der Waals surface area contributed by atoms with Crippen molar-refractivity contribution < 1.29 is 9.90 Å². The summed E-state index contributed by atoms with van der Waals surface area (Å²) in [5.74, 6) is -0.723. The molecule has 1 aromatic rings. The van der Waals surface area contributed by atoms with Crippen LogP contribution < -0.4 is 0 Å². The van der Waals surface area contributed by atoms with Crippen LogP contribution >= 0.6 is 0 Å². The van der Waals surface area contributed by atoms with Crippen LogP contribution in [0.15, 0.2) is 12.1 Å². The van der Waals surface area contributed by atoms with Crippen LogP contribution in [0.2, 0.25) is 0 Å². The summed E-state index contributed by atoms with van der Waals surface area (Å²) in [6, 6.07) is 5.10. The van der Waals surface area contributed by atoms with E-state index in [-0.39, 0.29) is 12.0 Å². The van der Waals surface area contributed by atoms with Gasteiger partial charge in [0.25, 0.3) is 0 Å². The third kappa shape index (κ3) is 5.31. The van der Waals surface area contributed by atoms with E-state index in [0.29, 0.717) is 6.04 Å². The maximum Gasteiger partial charge on any atom is 0.317 e. The zero-order valence-electron chi connectivity index (χ0n) is 17.4. The summed E-state index contributed by atoms with van der Waals surface area (Å²) < 4.78 is 0. The van der Waals surface area contributed by atoms with Gasteiger partial charge in [-0.15, -0.1) is 0 Å². The quantitative estimate of drug-likeness (QED) is 0.833. The van der Waals surface area contributed by atoms with Gasteiger partial charge < -0.3 is 5.11 Å². The van der Waals surface area contributed by atoms with Crippen molar-refractivity contribution in [2.75, 3.05) is 26.2 Å². The number of likely N-dealkylation sites (N-methyl/N-ethyl adjacent to an activating group) is 1. The lowest BCUT2D eigenvalue weighted by Gasteiger charge is -2.38. The number of hydrogen-bond donors (Lipinski definition) is 1. The molecule has 1 N–H and O–H groups in total. The van der Waals surface area contributed by atoms with E-state index in [2.05, 4.69) is 63.5 Å². The first kappa shape index (κ1) is 20.9. The number of carboxylic acid groups (broad SMARTS) is 1. The lowest BCUT2D eigenvalue weighted by atomic mass is 9.83. The van der Waals surface area contributed by atoms with E-state index in [1.165, 1.54) is 22.3 Å².